The van der Waals surface area contributed by atoms with Gasteiger partial charge in [-0.05, 0) is 12.1 Å². The van der Waals surface area contributed by atoms with E-state index in [9.17, 15) is 0 Å². The fraction of sp³-hybridized carbons (Fsp3) is 0.111. The molecule has 0 aliphatic rings. The number of aromatic nitrogens is 2. The van der Waals surface area contributed by atoms with Gasteiger partial charge < -0.3 is 10.1 Å². The van der Waals surface area contributed by atoms with Crippen LogP contribution in [-0.4, -0.2) is 15.2 Å². The highest BCUT2D eigenvalue weighted by atomic mass is 35.5. The third kappa shape index (κ3) is 1.70. The van der Waals surface area contributed by atoms with Gasteiger partial charge in [0.25, 0.3) is 0 Å². The molecule has 0 saturated carbocycles. The summed E-state index contributed by atoms with van der Waals surface area (Å²) in [6, 6.07) is 3.60. The van der Waals surface area contributed by atoms with Crippen molar-refractivity contribution in [2.24, 2.45) is 5.73 Å². The predicted molar refractivity (Wildman–Crippen MR) is 55.8 cm³/mol. The predicted octanol–water partition coefficient (Wildman–Crippen LogP) is 1.47. The van der Waals surface area contributed by atoms with Gasteiger partial charge in [-0.1, -0.05) is 11.6 Å². The molecule has 2 aromatic heterocycles. The van der Waals surface area contributed by atoms with E-state index in [1.807, 2.05) is 16.7 Å². The van der Waals surface area contributed by atoms with Gasteiger partial charge in [0.05, 0.1) is 16.6 Å². The van der Waals surface area contributed by atoms with Crippen LogP contribution < -0.4 is 5.73 Å². The van der Waals surface area contributed by atoms with Gasteiger partial charge in [-0.25, -0.2) is 4.98 Å². The van der Waals surface area contributed by atoms with Crippen molar-refractivity contribution in [3.8, 4) is 0 Å². The molecule has 0 unspecified atom stereocenters. The van der Waals surface area contributed by atoms with Crippen molar-refractivity contribution in [3.63, 3.8) is 0 Å². The zero-order valence-electron chi connectivity index (χ0n) is 7.37. The Morgan fingerprint density at radius 1 is 1.50 bits per heavy atom. The molecule has 0 bridgehead atoms. The van der Waals surface area contributed by atoms with E-state index in [0.29, 0.717) is 11.4 Å². The Morgan fingerprint density at radius 2 is 2.29 bits per heavy atom. The van der Waals surface area contributed by atoms with Gasteiger partial charge in [0, 0.05) is 18.8 Å². The highest BCUT2D eigenvalue weighted by Crippen LogP contribution is 2.11. The molecule has 4 nitrogen and oxygen atoms in total. The lowest BCUT2D eigenvalue weighted by atomic mass is 10.3. The monoisotopic (exact) mass is 208 g/mol. The molecule has 2 aromatic rings. The molecule has 0 spiro atoms. The summed E-state index contributed by atoms with van der Waals surface area (Å²) in [7, 11) is 0. The number of nitrogens with two attached hydrogens (primary N) is 1. The van der Waals surface area contributed by atoms with Gasteiger partial charge in [0.2, 0.25) is 0 Å². The molecule has 0 amide bonds. The summed E-state index contributed by atoms with van der Waals surface area (Å²) >= 11 is 5.82. The lowest BCUT2D eigenvalue weighted by Crippen LogP contribution is -2.12. The largest absolute Gasteiger partial charge is 0.387 e. The van der Waals surface area contributed by atoms with Crippen molar-refractivity contribution in [2.75, 3.05) is 0 Å². The molecule has 72 valence electrons. The van der Waals surface area contributed by atoms with E-state index < -0.39 is 0 Å². The molecule has 2 rings (SSSR count). The van der Waals surface area contributed by atoms with E-state index in [0.717, 1.165) is 11.3 Å². The quantitative estimate of drug-likeness (QED) is 0.580. The van der Waals surface area contributed by atoms with E-state index in [2.05, 4.69) is 4.98 Å². The molecule has 0 fully saturated rings. The Balaban J connectivity index is 2.46. The van der Waals surface area contributed by atoms with Gasteiger partial charge in [-0.15, -0.1) is 0 Å². The van der Waals surface area contributed by atoms with Crippen molar-refractivity contribution in [3.05, 3.63) is 35.2 Å². The maximum Gasteiger partial charge on any atom is 0.137 e. The summed E-state index contributed by atoms with van der Waals surface area (Å²) in [5.74, 6) is 0.111. The molecule has 0 saturated heterocycles. The third-order valence-electron chi connectivity index (χ3n) is 1.84. The summed E-state index contributed by atoms with van der Waals surface area (Å²) in [5.41, 5.74) is 6.87. The highest BCUT2D eigenvalue weighted by Gasteiger charge is 2.02. The average Bonchev–Trinajstić information content (AvgIpc) is 2.44. The number of nitrogens with one attached hydrogen (secondary N) is 1. The van der Waals surface area contributed by atoms with Crippen LogP contribution in [0.2, 0.25) is 5.02 Å². The fourth-order valence-corrected chi connectivity index (χ4v) is 1.47. The molecule has 0 aliphatic heterocycles. The normalized spacial score (nSPS) is 10.6. The van der Waals surface area contributed by atoms with Crippen LogP contribution in [0.1, 0.15) is 5.69 Å². The zero-order chi connectivity index (χ0) is 10.1. The molecule has 3 N–H and O–H groups in total. The first-order valence-electron chi connectivity index (χ1n) is 4.11. The standard InChI is InChI=1S/C9H9ClN4/c10-6-1-2-9-13-7(3-8(11)12)5-14(9)4-6/h1-2,4-5H,3H2,(H3,11,12). The molecular formula is C9H9ClN4. The zero-order valence-corrected chi connectivity index (χ0v) is 8.12. The van der Waals surface area contributed by atoms with Crippen LogP contribution in [0.4, 0.5) is 0 Å². The van der Waals surface area contributed by atoms with Crippen molar-refractivity contribution in [1.82, 2.24) is 9.38 Å². The Hall–Kier alpha value is -1.55. The van der Waals surface area contributed by atoms with Crippen LogP contribution in [0.3, 0.4) is 0 Å². The van der Waals surface area contributed by atoms with E-state index in [-0.39, 0.29) is 5.84 Å². The van der Waals surface area contributed by atoms with Gasteiger partial charge in [-0.3, -0.25) is 5.41 Å². The number of hydrogen-bond donors (Lipinski definition) is 2. The van der Waals surface area contributed by atoms with E-state index in [1.165, 1.54) is 0 Å². The van der Waals surface area contributed by atoms with Crippen LogP contribution >= 0.6 is 11.6 Å². The Bertz CT molecular complexity index is 489. The highest BCUT2D eigenvalue weighted by molar-refractivity contribution is 6.30. The minimum Gasteiger partial charge on any atom is -0.387 e. The van der Waals surface area contributed by atoms with Crippen LogP contribution in [-0.2, 0) is 6.42 Å². The molecule has 14 heavy (non-hydrogen) atoms. The summed E-state index contributed by atoms with van der Waals surface area (Å²) < 4.78 is 1.82. The van der Waals surface area contributed by atoms with Gasteiger partial charge in [0.1, 0.15) is 5.65 Å². The summed E-state index contributed by atoms with van der Waals surface area (Å²) in [4.78, 5) is 4.28. The number of fused-ring (bicyclic) bond motifs is 1. The first-order chi connectivity index (χ1) is 6.65. The van der Waals surface area contributed by atoms with Gasteiger partial charge in [-0.2, -0.15) is 0 Å². The second kappa shape index (κ2) is 3.31. The van der Waals surface area contributed by atoms with E-state index in [1.54, 1.807) is 12.3 Å². The number of halogens is 1. The van der Waals surface area contributed by atoms with E-state index in [4.69, 9.17) is 22.7 Å². The Morgan fingerprint density at radius 3 is 3.00 bits per heavy atom. The molecule has 0 atom stereocenters. The SMILES string of the molecule is N=C(N)Cc1cn2cc(Cl)ccc2n1. The lowest BCUT2D eigenvalue weighted by Gasteiger charge is -1.91. The second-order valence-corrected chi connectivity index (χ2v) is 3.48. The molecule has 2 heterocycles. The molecule has 0 aromatic carbocycles. The molecule has 5 heteroatoms. The lowest BCUT2D eigenvalue weighted by molar-refractivity contribution is 1.16. The maximum absolute atomic E-state index is 7.15. The Kier molecular flexibility index (Phi) is 2.13. The van der Waals surface area contributed by atoms with Crippen LogP contribution in [0, 0.1) is 5.41 Å². The minimum atomic E-state index is 0.111. The van der Waals surface area contributed by atoms with Gasteiger partial charge in [0.15, 0.2) is 0 Å². The smallest absolute Gasteiger partial charge is 0.137 e. The average molecular weight is 209 g/mol. The summed E-state index contributed by atoms with van der Waals surface area (Å²) in [6.07, 6.45) is 3.97. The van der Waals surface area contributed by atoms with Crippen LogP contribution in [0.5, 0.6) is 0 Å². The molecule has 0 aliphatic carbocycles. The summed E-state index contributed by atoms with van der Waals surface area (Å²) in [5, 5.41) is 7.81. The number of nitrogens with zero attached hydrogens (tertiary/aromatic N) is 2. The van der Waals surface area contributed by atoms with Crippen molar-refractivity contribution >= 4 is 23.1 Å². The fourth-order valence-electron chi connectivity index (χ4n) is 1.30. The third-order valence-corrected chi connectivity index (χ3v) is 2.06. The van der Waals surface area contributed by atoms with Crippen molar-refractivity contribution in [2.45, 2.75) is 6.42 Å². The number of hydrogen-bond acceptors (Lipinski definition) is 2. The maximum atomic E-state index is 7.15. The summed E-state index contributed by atoms with van der Waals surface area (Å²) in [6.45, 7) is 0. The van der Waals surface area contributed by atoms with Crippen LogP contribution in [0.25, 0.3) is 5.65 Å². The topological polar surface area (TPSA) is 67.2 Å². The molecule has 0 radical (unpaired) electrons. The van der Waals surface area contributed by atoms with Crippen LogP contribution in [0.15, 0.2) is 24.5 Å². The van der Waals surface area contributed by atoms with Gasteiger partial charge >= 0.3 is 0 Å². The Labute approximate surface area is 85.8 Å². The van der Waals surface area contributed by atoms with Crippen molar-refractivity contribution in [1.29, 1.82) is 5.41 Å². The first kappa shape index (κ1) is 9.02. The first-order valence-corrected chi connectivity index (χ1v) is 4.49. The number of imidazole rings is 1. The molecular weight excluding hydrogens is 200 g/mol. The minimum absolute atomic E-state index is 0.111. The number of amidine groups is 1. The second-order valence-electron chi connectivity index (χ2n) is 3.05. The number of pyridine rings is 1. The van der Waals surface area contributed by atoms with Crippen molar-refractivity contribution < 1.29 is 0 Å². The van der Waals surface area contributed by atoms with E-state index >= 15 is 0 Å². The number of rotatable bonds is 2.